The number of rotatable bonds is 1. The molecule has 5 nitrogen and oxygen atoms in total. The molecular weight excluding hydrogens is 182 g/mol. The Kier molecular flexibility index (Phi) is 2.69. The molecule has 0 aliphatic heterocycles. The van der Waals surface area contributed by atoms with E-state index in [9.17, 15) is 9.59 Å². The lowest BCUT2D eigenvalue weighted by molar-refractivity contribution is 0.0913. The van der Waals surface area contributed by atoms with Gasteiger partial charge >= 0.3 is 0 Å². The highest BCUT2D eigenvalue weighted by atomic mass is 16.2. The molecule has 1 aromatic rings. The van der Waals surface area contributed by atoms with Crippen LogP contribution in [0, 0.1) is 0 Å². The second kappa shape index (κ2) is 3.61. The normalized spacial score (nSPS) is 11.1. The monoisotopic (exact) mass is 195 g/mol. The van der Waals surface area contributed by atoms with Crippen LogP contribution in [-0.4, -0.2) is 21.4 Å². The third kappa shape index (κ3) is 3.01. The summed E-state index contributed by atoms with van der Waals surface area (Å²) in [5, 5.41) is 2.71. The van der Waals surface area contributed by atoms with E-state index in [0.29, 0.717) is 0 Å². The smallest absolute Gasteiger partial charge is 0.269 e. The topological polar surface area (TPSA) is 74.8 Å². The number of amides is 1. The molecule has 5 heteroatoms. The summed E-state index contributed by atoms with van der Waals surface area (Å²) in [5.74, 6) is -0.331. The molecule has 2 N–H and O–H groups in total. The van der Waals surface area contributed by atoms with E-state index in [-0.39, 0.29) is 22.7 Å². The standard InChI is InChI=1S/C9H13N3O2/c1-9(2,3)12-8(14)6-4-10-5-7(13)11-6/h4-5H,1-3H3,(H,11,13)(H,12,14). The molecule has 0 unspecified atom stereocenters. The Morgan fingerprint density at radius 1 is 1.43 bits per heavy atom. The van der Waals surface area contributed by atoms with Gasteiger partial charge in [-0.3, -0.25) is 14.6 Å². The van der Waals surface area contributed by atoms with E-state index in [1.165, 1.54) is 6.20 Å². The van der Waals surface area contributed by atoms with Gasteiger partial charge in [0, 0.05) is 5.54 Å². The van der Waals surface area contributed by atoms with Gasteiger partial charge in [0.05, 0.1) is 12.4 Å². The largest absolute Gasteiger partial charge is 0.346 e. The van der Waals surface area contributed by atoms with Crippen molar-refractivity contribution in [2.24, 2.45) is 0 Å². The quantitative estimate of drug-likeness (QED) is 0.676. The number of aromatic amines is 1. The lowest BCUT2D eigenvalue weighted by Crippen LogP contribution is -2.41. The first-order valence-corrected chi connectivity index (χ1v) is 4.25. The van der Waals surface area contributed by atoms with Gasteiger partial charge < -0.3 is 10.3 Å². The van der Waals surface area contributed by atoms with E-state index in [0.717, 1.165) is 6.20 Å². The molecule has 0 aromatic carbocycles. The van der Waals surface area contributed by atoms with Crippen molar-refractivity contribution in [2.45, 2.75) is 26.3 Å². The average molecular weight is 195 g/mol. The zero-order chi connectivity index (χ0) is 10.8. The van der Waals surface area contributed by atoms with Crippen LogP contribution in [0.3, 0.4) is 0 Å². The van der Waals surface area contributed by atoms with Crippen LogP contribution in [-0.2, 0) is 0 Å². The highest BCUT2D eigenvalue weighted by molar-refractivity contribution is 5.92. The molecule has 0 saturated carbocycles. The maximum atomic E-state index is 11.5. The summed E-state index contributed by atoms with van der Waals surface area (Å²) in [6.07, 6.45) is 2.44. The Balaban J connectivity index is 2.86. The molecule has 0 bridgehead atoms. The number of carbonyl (C=O) groups excluding carboxylic acids is 1. The van der Waals surface area contributed by atoms with Crippen LogP contribution in [0.1, 0.15) is 31.3 Å². The van der Waals surface area contributed by atoms with Crippen LogP contribution >= 0.6 is 0 Å². The summed E-state index contributed by atoms with van der Waals surface area (Å²) in [7, 11) is 0. The van der Waals surface area contributed by atoms with Crippen molar-refractivity contribution in [3.05, 3.63) is 28.4 Å². The SMILES string of the molecule is CC(C)(C)NC(=O)c1cncc(=O)[nH]1. The van der Waals surface area contributed by atoms with Crippen molar-refractivity contribution < 1.29 is 4.79 Å². The maximum Gasteiger partial charge on any atom is 0.269 e. The number of hydrogen-bond donors (Lipinski definition) is 2. The minimum Gasteiger partial charge on any atom is -0.346 e. The molecule has 1 heterocycles. The van der Waals surface area contributed by atoms with Gasteiger partial charge in [0.25, 0.3) is 11.5 Å². The molecule has 76 valence electrons. The Hall–Kier alpha value is -1.65. The first-order valence-electron chi connectivity index (χ1n) is 4.25. The molecule has 0 atom stereocenters. The number of hydrogen-bond acceptors (Lipinski definition) is 3. The molecule has 1 amide bonds. The minimum atomic E-state index is -0.383. The first kappa shape index (κ1) is 10.4. The first-order chi connectivity index (χ1) is 6.38. The fourth-order valence-electron chi connectivity index (χ4n) is 0.900. The van der Waals surface area contributed by atoms with E-state index in [4.69, 9.17) is 0 Å². The van der Waals surface area contributed by atoms with E-state index in [2.05, 4.69) is 15.3 Å². The fraction of sp³-hybridized carbons (Fsp3) is 0.444. The summed E-state index contributed by atoms with van der Waals surface area (Å²) >= 11 is 0. The van der Waals surface area contributed by atoms with Gasteiger partial charge in [-0.05, 0) is 20.8 Å². The van der Waals surface area contributed by atoms with Gasteiger partial charge in [-0.1, -0.05) is 0 Å². The van der Waals surface area contributed by atoms with Crippen LogP contribution in [0.25, 0.3) is 0 Å². The maximum absolute atomic E-state index is 11.5. The number of nitrogens with zero attached hydrogens (tertiary/aromatic N) is 1. The Bertz CT molecular complexity index is 390. The number of aromatic nitrogens is 2. The van der Waals surface area contributed by atoms with Crippen molar-refractivity contribution in [1.82, 2.24) is 15.3 Å². The molecule has 0 saturated heterocycles. The fourth-order valence-corrected chi connectivity index (χ4v) is 0.900. The summed E-state index contributed by atoms with van der Waals surface area (Å²) in [5.41, 5.74) is -0.539. The van der Waals surface area contributed by atoms with Crippen molar-refractivity contribution in [3.63, 3.8) is 0 Å². The van der Waals surface area contributed by atoms with Gasteiger partial charge in [0.15, 0.2) is 0 Å². The summed E-state index contributed by atoms with van der Waals surface area (Å²) in [6.45, 7) is 5.58. The highest BCUT2D eigenvalue weighted by Crippen LogP contribution is 2.00. The lowest BCUT2D eigenvalue weighted by atomic mass is 10.1. The molecule has 14 heavy (non-hydrogen) atoms. The van der Waals surface area contributed by atoms with Gasteiger partial charge in [0.1, 0.15) is 5.69 Å². The molecule has 0 spiro atoms. The third-order valence-electron chi connectivity index (χ3n) is 1.39. The second-order valence-electron chi connectivity index (χ2n) is 4.01. The van der Waals surface area contributed by atoms with Gasteiger partial charge in [-0.2, -0.15) is 0 Å². The van der Waals surface area contributed by atoms with Crippen molar-refractivity contribution >= 4 is 5.91 Å². The van der Waals surface area contributed by atoms with Gasteiger partial charge in [-0.25, -0.2) is 0 Å². The van der Waals surface area contributed by atoms with Crippen LogP contribution in [0.2, 0.25) is 0 Å². The molecule has 0 fully saturated rings. The van der Waals surface area contributed by atoms with Crippen LogP contribution in [0.15, 0.2) is 17.2 Å². The predicted octanol–water partition coefficient (Wildman–Crippen LogP) is 0.298. The highest BCUT2D eigenvalue weighted by Gasteiger charge is 2.15. The number of H-pyrrole nitrogens is 1. The van der Waals surface area contributed by atoms with Crippen molar-refractivity contribution in [3.8, 4) is 0 Å². The van der Waals surface area contributed by atoms with E-state index in [1.54, 1.807) is 0 Å². The molecule has 0 aliphatic carbocycles. The minimum absolute atomic E-state index is 0.174. The zero-order valence-corrected chi connectivity index (χ0v) is 8.42. The summed E-state index contributed by atoms with van der Waals surface area (Å²) in [4.78, 5) is 28.4. The van der Waals surface area contributed by atoms with E-state index < -0.39 is 0 Å². The van der Waals surface area contributed by atoms with E-state index in [1.807, 2.05) is 20.8 Å². The van der Waals surface area contributed by atoms with Crippen LogP contribution in [0.4, 0.5) is 0 Å². The average Bonchev–Trinajstić information content (AvgIpc) is 2.01. The molecular formula is C9H13N3O2. The predicted molar refractivity (Wildman–Crippen MR) is 52.1 cm³/mol. The summed E-state index contributed by atoms with van der Waals surface area (Å²) in [6, 6.07) is 0. The molecule has 1 aromatic heterocycles. The Labute approximate surface area is 81.6 Å². The van der Waals surface area contributed by atoms with Crippen LogP contribution < -0.4 is 10.9 Å². The van der Waals surface area contributed by atoms with Crippen LogP contribution in [0.5, 0.6) is 0 Å². The van der Waals surface area contributed by atoms with Crippen molar-refractivity contribution in [1.29, 1.82) is 0 Å². The molecule has 0 aliphatic rings. The summed E-state index contributed by atoms with van der Waals surface area (Å²) < 4.78 is 0. The third-order valence-corrected chi connectivity index (χ3v) is 1.39. The van der Waals surface area contributed by atoms with Crippen molar-refractivity contribution in [2.75, 3.05) is 0 Å². The molecule has 0 radical (unpaired) electrons. The number of nitrogens with one attached hydrogen (secondary N) is 2. The Morgan fingerprint density at radius 3 is 2.57 bits per heavy atom. The number of carbonyl (C=O) groups is 1. The zero-order valence-electron chi connectivity index (χ0n) is 8.42. The second-order valence-corrected chi connectivity index (χ2v) is 4.01. The lowest BCUT2D eigenvalue weighted by Gasteiger charge is -2.19. The molecule has 1 rings (SSSR count). The Morgan fingerprint density at radius 2 is 2.07 bits per heavy atom. The van der Waals surface area contributed by atoms with Gasteiger partial charge in [0.2, 0.25) is 0 Å². The van der Waals surface area contributed by atoms with Gasteiger partial charge in [-0.15, -0.1) is 0 Å². The van der Waals surface area contributed by atoms with E-state index >= 15 is 0 Å².